The van der Waals surface area contributed by atoms with Gasteiger partial charge in [0.2, 0.25) is 0 Å². The molecule has 0 fully saturated rings. The molecule has 3 N–H and O–H groups in total. The van der Waals surface area contributed by atoms with Crippen molar-refractivity contribution in [2.24, 2.45) is 0 Å². The van der Waals surface area contributed by atoms with Crippen molar-refractivity contribution in [2.75, 3.05) is 13.2 Å². The van der Waals surface area contributed by atoms with Gasteiger partial charge in [-0.15, -0.1) is 0 Å². The maximum Gasteiger partial charge on any atom is 0.0607 e. The highest BCUT2D eigenvalue weighted by Crippen LogP contribution is 2.08. The van der Waals surface area contributed by atoms with Crippen LogP contribution < -0.4 is 5.32 Å². The van der Waals surface area contributed by atoms with Crippen molar-refractivity contribution in [1.29, 1.82) is 0 Å². The molecule has 78 valence electrons. The molecule has 1 rings (SSSR count). The molecule has 0 aliphatic carbocycles. The first-order chi connectivity index (χ1) is 6.77. The van der Waals surface area contributed by atoms with Gasteiger partial charge in [0, 0.05) is 12.2 Å². The molecular formula is C10H16N2O2. The van der Waals surface area contributed by atoms with Gasteiger partial charge in [0.25, 0.3) is 0 Å². The molecule has 0 unspecified atom stereocenters. The van der Waals surface area contributed by atoms with Crippen LogP contribution in [0, 0.1) is 0 Å². The molecule has 4 nitrogen and oxygen atoms in total. The molecule has 0 amide bonds. The van der Waals surface area contributed by atoms with E-state index in [0.29, 0.717) is 0 Å². The third-order valence-electron chi connectivity index (χ3n) is 2.06. The third-order valence-corrected chi connectivity index (χ3v) is 2.06. The fraction of sp³-hybridized carbons (Fsp3) is 0.500. The molecule has 0 aliphatic rings. The smallest absolute Gasteiger partial charge is 0.0607 e. The van der Waals surface area contributed by atoms with E-state index in [-0.39, 0.29) is 25.3 Å². The second kappa shape index (κ2) is 5.70. The Bertz CT molecular complexity index is 250. The maximum absolute atomic E-state index is 8.88. The van der Waals surface area contributed by atoms with E-state index in [2.05, 4.69) is 10.3 Å². The van der Waals surface area contributed by atoms with Crippen LogP contribution in [0.15, 0.2) is 24.4 Å². The van der Waals surface area contributed by atoms with Gasteiger partial charge in [-0.1, -0.05) is 6.07 Å². The van der Waals surface area contributed by atoms with Crippen molar-refractivity contribution < 1.29 is 10.2 Å². The van der Waals surface area contributed by atoms with Crippen molar-refractivity contribution in [1.82, 2.24) is 10.3 Å². The second-order valence-electron chi connectivity index (χ2n) is 3.21. The average Bonchev–Trinajstić information content (AvgIpc) is 2.26. The summed E-state index contributed by atoms with van der Waals surface area (Å²) in [6.45, 7) is 1.79. The van der Waals surface area contributed by atoms with Gasteiger partial charge >= 0.3 is 0 Å². The van der Waals surface area contributed by atoms with Crippen molar-refractivity contribution in [3.8, 4) is 0 Å². The number of nitrogens with zero attached hydrogens (tertiary/aromatic N) is 1. The Morgan fingerprint density at radius 3 is 2.57 bits per heavy atom. The lowest BCUT2D eigenvalue weighted by Crippen LogP contribution is -2.37. The fourth-order valence-electron chi connectivity index (χ4n) is 1.23. The maximum atomic E-state index is 8.88. The minimum Gasteiger partial charge on any atom is -0.395 e. The molecule has 0 aliphatic heterocycles. The molecule has 1 heterocycles. The van der Waals surface area contributed by atoms with Crippen LogP contribution in [0.3, 0.4) is 0 Å². The van der Waals surface area contributed by atoms with E-state index in [4.69, 9.17) is 10.2 Å². The summed E-state index contributed by atoms with van der Waals surface area (Å²) < 4.78 is 0. The Labute approximate surface area is 83.6 Å². The minimum atomic E-state index is -0.285. The number of hydrogen-bond donors (Lipinski definition) is 3. The summed E-state index contributed by atoms with van der Waals surface area (Å²) in [5.74, 6) is 0. The number of pyridine rings is 1. The van der Waals surface area contributed by atoms with E-state index >= 15 is 0 Å². The first-order valence-corrected chi connectivity index (χ1v) is 4.66. The summed E-state index contributed by atoms with van der Waals surface area (Å²) in [6.07, 6.45) is 1.72. The van der Waals surface area contributed by atoms with Gasteiger partial charge in [0.15, 0.2) is 0 Å². The Morgan fingerprint density at radius 1 is 1.36 bits per heavy atom. The first kappa shape index (κ1) is 11.1. The number of hydrogen-bond acceptors (Lipinski definition) is 4. The molecule has 0 aromatic carbocycles. The monoisotopic (exact) mass is 196 g/mol. The predicted octanol–water partition coefficient (Wildman–Crippen LogP) is 0.0854. The summed E-state index contributed by atoms with van der Waals surface area (Å²) >= 11 is 0. The summed E-state index contributed by atoms with van der Waals surface area (Å²) in [6, 6.07) is 5.41. The van der Waals surface area contributed by atoms with Crippen LogP contribution in [0.2, 0.25) is 0 Å². The molecule has 0 saturated heterocycles. The van der Waals surface area contributed by atoms with Gasteiger partial charge in [0.1, 0.15) is 0 Å². The number of nitrogens with one attached hydrogen (secondary N) is 1. The number of aliphatic hydroxyl groups is 2. The molecular weight excluding hydrogens is 180 g/mol. The predicted molar refractivity (Wildman–Crippen MR) is 53.7 cm³/mol. The van der Waals surface area contributed by atoms with Crippen LogP contribution in [0.1, 0.15) is 18.7 Å². The van der Waals surface area contributed by atoms with Gasteiger partial charge in [-0.3, -0.25) is 4.98 Å². The largest absolute Gasteiger partial charge is 0.395 e. The molecule has 1 aromatic heterocycles. The van der Waals surface area contributed by atoms with Gasteiger partial charge < -0.3 is 15.5 Å². The van der Waals surface area contributed by atoms with E-state index in [1.165, 1.54) is 0 Å². The second-order valence-corrected chi connectivity index (χ2v) is 3.21. The number of rotatable bonds is 5. The van der Waals surface area contributed by atoms with Crippen LogP contribution in [0.4, 0.5) is 0 Å². The zero-order valence-corrected chi connectivity index (χ0v) is 8.22. The first-order valence-electron chi connectivity index (χ1n) is 4.66. The number of aromatic nitrogens is 1. The van der Waals surface area contributed by atoms with Crippen LogP contribution in [0.25, 0.3) is 0 Å². The lowest BCUT2D eigenvalue weighted by atomic mass is 10.2. The summed E-state index contributed by atoms with van der Waals surface area (Å²) in [7, 11) is 0. The van der Waals surface area contributed by atoms with Gasteiger partial charge in [0.05, 0.1) is 24.9 Å². The Hall–Kier alpha value is -0.970. The molecule has 0 saturated carbocycles. The van der Waals surface area contributed by atoms with Crippen LogP contribution in [-0.2, 0) is 0 Å². The van der Waals surface area contributed by atoms with E-state index in [1.54, 1.807) is 6.20 Å². The Morgan fingerprint density at radius 2 is 2.07 bits per heavy atom. The Balaban J connectivity index is 2.54. The lowest BCUT2D eigenvalue weighted by molar-refractivity contribution is 0.163. The van der Waals surface area contributed by atoms with Gasteiger partial charge in [-0.2, -0.15) is 0 Å². The molecule has 0 spiro atoms. The highest BCUT2D eigenvalue weighted by molar-refractivity contribution is 5.07. The SMILES string of the molecule is C[C@H](NC(CO)CO)c1ccccn1. The standard InChI is InChI=1S/C10H16N2O2/c1-8(12-9(6-13)7-14)10-4-2-3-5-11-10/h2-5,8-9,12-14H,6-7H2,1H3/t8-/m0/s1. The minimum absolute atomic E-state index is 0.0282. The van der Waals surface area contributed by atoms with Gasteiger partial charge in [-0.25, -0.2) is 0 Å². The molecule has 1 atom stereocenters. The van der Waals surface area contributed by atoms with Gasteiger partial charge in [-0.05, 0) is 19.1 Å². The van der Waals surface area contributed by atoms with Crippen LogP contribution >= 0.6 is 0 Å². The highest BCUT2D eigenvalue weighted by atomic mass is 16.3. The zero-order valence-electron chi connectivity index (χ0n) is 8.22. The fourth-order valence-corrected chi connectivity index (χ4v) is 1.23. The molecule has 4 heteroatoms. The normalized spacial score (nSPS) is 13.1. The van der Waals surface area contributed by atoms with E-state index in [0.717, 1.165) is 5.69 Å². The summed E-state index contributed by atoms with van der Waals surface area (Å²) in [5, 5.41) is 20.8. The Kier molecular flexibility index (Phi) is 4.52. The molecule has 0 bridgehead atoms. The summed E-state index contributed by atoms with van der Waals surface area (Å²) in [4.78, 5) is 4.17. The van der Waals surface area contributed by atoms with Crippen molar-refractivity contribution in [3.63, 3.8) is 0 Å². The van der Waals surface area contributed by atoms with Crippen molar-refractivity contribution in [3.05, 3.63) is 30.1 Å². The highest BCUT2D eigenvalue weighted by Gasteiger charge is 2.11. The topological polar surface area (TPSA) is 65.4 Å². The molecule has 1 aromatic rings. The van der Waals surface area contributed by atoms with Crippen molar-refractivity contribution in [2.45, 2.75) is 19.0 Å². The van der Waals surface area contributed by atoms with Crippen LogP contribution in [0.5, 0.6) is 0 Å². The molecule has 0 radical (unpaired) electrons. The van der Waals surface area contributed by atoms with Crippen LogP contribution in [-0.4, -0.2) is 34.5 Å². The number of aliphatic hydroxyl groups excluding tert-OH is 2. The van der Waals surface area contributed by atoms with E-state index < -0.39 is 0 Å². The third kappa shape index (κ3) is 3.06. The van der Waals surface area contributed by atoms with E-state index in [9.17, 15) is 0 Å². The van der Waals surface area contributed by atoms with E-state index in [1.807, 2.05) is 25.1 Å². The quantitative estimate of drug-likeness (QED) is 0.624. The molecule has 14 heavy (non-hydrogen) atoms. The zero-order chi connectivity index (χ0) is 10.4. The average molecular weight is 196 g/mol. The lowest BCUT2D eigenvalue weighted by Gasteiger charge is -2.19. The van der Waals surface area contributed by atoms with Crippen molar-refractivity contribution >= 4 is 0 Å². The summed E-state index contributed by atoms with van der Waals surface area (Å²) in [5.41, 5.74) is 0.902.